The second-order valence-electron chi connectivity index (χ2n) is 11.0. The fraction of sp³-hybridized carbons (Fsp3) is 0.552. The third-order valence-electron chi connectivity index (χ3n) is 8.05. The van der Waals surface area contributed by atoms with Gasteiger partial charge in [-0.1, -0.05) is 23.7 Å². The first-order valence-corrected chi connectivity index (χ1v) is 14.1. The lowest BCUT2D eigenvalue weighted by molar-refractivity contribution is -0.261. The van der Waals surface area contributed by atoms with Gasteiger partial charge in [0.2, 0.25) is 0 Å². The number of hydrogen-bond donors (Lipinski definition) is 1. The van der Waals surface area contributed by atoms with E-state index >= 15 is 0 Å². The normalized spacial score (nSPS) is 20.8. The van der Waals surface area contributed by atoms with Gasteiger partial charge in [-0.15, -0.1) is 0 Å². The molecule has 4 rings (SSSR count). The molecule has 41 heavy (non-hydrogen) atoms. The number of aliphatic hydroxyl groups is 1. The van der Waals surface area contributed by atoms with Crippen LogP contribution in [-0.4, -0.2) is 85.3 Å². The fourth-order valence-electron chi connectivity index (χ4n) is 5.71. The molecule has 8 nitrogen and oxygen atoms in total. The summed E-state index contributed by atoms with van der Waals surface area (Å²) in [6.45, 7) is 3.52. The lowest BCUT2D eigenvalue weighted by atomic mass is 9.90. The molecule has 1 unspecified atom stereocenters. The van der Waals surface area contributed by atoms with Crippen LogP contribution in [0.2, 0.25) is 5.15 Å². The summed E-state index contributed by atoms with van der Waals surface area (Å²) in [6.07, 6.45) is -2.66. The summed E-state index contributed by atoms with van der Waals surface area (Å²) < 4.78 is 47.8. The Morgan fingerprint density at radius 1 is 1.15 bits per heavy atom. The molecular formula is C29H36ClF3N4O4. The van der Waals surface area contributed by atoms with Gasteiger partial charge in [-0.2, -0.15) is 13.2 Å². The molecule has 2 fully saturated rings. The number of hydrogen-bond acceptors (Lipinski definition) is 6. The van der Waals surface area contributed by atoms with Gasteiger partial charge < -0.3 is 24.5 Å². The van der Waals surface area contributed by atoms with E-state index in [2.05, 4.69) is 9.88 Å². The molecule has 1 saturated carbocycles. The molecule has 2 aromatic rings. The number of pyridine rings is 1. The molecule has 2 heterocycles. The highest BCUT2D eigenvalue weighted by atomic mass is 35.5. The summed E-state index contributed by atoms with van der Waals surface area (Å²) in [6, 6.07) is 8.42. The van der Waals surface area contributed by atoms with Crippen molar-refractivity contribution >= 4 is 29.2 Å². The number of ether oxygens (including phenoxy) is 1. The average Bonchev–Trinajstić information content (AvgIpc) is 3.70. The number of benzene rings is 1. The van der Waals surface area contributed by atoms with E-state index in [0.29, 0.717) is 23.2 Å². The van der Waals surface area contributed by atoms with E-state index in [0.717, 1.165) is 49.4 Å². The number of halogens is 4. The molecule has 0 spiro atoms. The van der Waals surface area contributed by atoms with E-state index in [-0.39, 0.29) is 35.9 Å². The van der Waals surface area contributed by atoms with Gasteiger partial charge >= 0.3 is 6.18 Å². The highest BCUT2D eigenvalue weighted by Gasteiger charge is 2.62. The molecule has 0 bridgehead atoms. The van der Waals surface area contributed by atoms with Crippen molar-refractivity contribution in [3.05, 3.63) is 52.7 Å². The summed E-state index contributed by atoms with van der Waals surface area (Å²) >= 11 is 6.28. The molecule has 3 atom stereocenters. The number of nitrogens with zero attached hydrogens (tertiary/aromatic N) is 4. The molecule has 224 valence electrons. The average molecular weight is 597 g/mol. The topological polar surface area (TPSA) is 86.2 Å². The largest absolute Gasteiger partial charge is 0.494 e. The van der Waals surface area contributed by atoms with Crippen LogP contribution >= 0.6 is 11.6 Å². The van der Waals surface area contributed by atoms with Gasteiger partial charge in [-0.3, -0.25) is 9.59 Å². The summed E-state index contributed by atoms with van der Waals surface area (Å²) in [5, 5.41) is 11.0. The standard InChI is InChI=1S/C29H36ClF3N4O4/c1-5-41-21-8-6-7-20(16-21)28(40,29(31,32)33)27(39)36(4)17-19-15-23(19)18-11-13-37(14-12-18)24-10-9-22(25(30)34-24)26(38)35(2)3/h6-10,16,18-19,23,40H,5,11-15,17H2,1-4H3/t19-,23+,28?/m0/s1. The van der Waals surface area contributed by atoms with E-state index in [9.17, 15) is 27.9 Å². The fourth-order valence-corrected chi connectivity index (χ4v) is 5.94. The van der Waals surface area contributed by atoms with Crippen molar-refractivity contribution in [2.45, 2.75) is 38.0 Å². The third-order valence-corrected chi connectivity index (χ3v) is 8.34. The number of anilines is 1. The monoisotopic (exact) mass is 596 g/mol. The summed E-state index contributed by atoms with van der Waals surface area (Å²) in [7, 11) is 4.60. The molecule has 1 saturated heterocycles. The van der Waals surface area contributed by atoms with Gasteiger partial charge in [-0.05, 0) is 68.2 Å². The van der Waals surface area contributed by atoms with Gasteiger partial charge in [-0.25, -0.2) is 4.98 Å². The first-order valence-electron chi connectivity index (χ1n) is 13.7. The van der Waals surface area contributed by atoms with Crippen LogP contribution in [0.5, 0.6) is 5.75 Å². The molecule has 1 aromatic heterocycles. The Hall–Kier alpha value is -3.05. The minimum Gasteiger partial charge on any atom is -0.494 e. The van der Waals surface area contributed by atoms with E-state index in [1.807, 2.05) is 0 Å². The predicted molar refractivity (Wildman–Crippen MR) is 149 cm³/mol. The minimum atomic E-state index is -5.21. The van der Waals surface area contributed by atoms with Crippen LogP contribution in [0.25, 0.3) is 0 Å². The van der Waals surface area contributed by atoms with Crippen LogP contribution in [0.1, 0.15) is 42.1 Å². The number of alkyl halides is 3. The maximum absolute atomic E-state index is 14.2. The van der Waals surface area contributed by atoms with Gasteiger partial charge in [0.1, 0.15) is 16.7 Å². The molecule has 1 aromatic carbocycles. The van der Waals surface area contributed by atoms with Gasteiger partial charge in [0.25, 0.3) is 17.4 Å². The predicted octanol–water partition coefficient (Wildman–Crippen LogP) is 4.60. The smallest absolute Gasteiger partial charge is 0.430 e. The molecule has 12 heteroatoms. The lowest BCUT2D eigenvalue weighted by Gasteiger charge is -2.34. The maximum atomic E-state index is 14.2. The Bertz CT molecular complexity index is 1270. The van der Waals surface area contributed by atoms with Crippen LogP contribution in [0.3, 0.4) is 0 Å². The SMILES string of the molecule is CCOc1cccc(C(O)(C(=O)N(C)C[C@@H]2C[C@@H]2C2CCN(c3ccc(C(=O)N(C)C)c(Cl)n3)CC2)C(F)(F)F)c1. The molecule has 0 radical (unpaired) electrons. The van der Waals surface area contributed by atoms with Crippen molar-refractivity contribution < 1.29 is 32.6 Å². The minimum absolute atomic E-state index is 0.0663. The molecule has 1 aliphatic carbocycles. The Morgan fingerprint density at radius 2 is 1.83 bits per heavy atom. The first kappa shape index (κ1) is 30.9. The molecule has 1 aliphatic heterocycles. The summed E-state index contributed by atoms with van der Waals surface area (Å²) in [5.74, 6) is -0.0504. The second-order valence-corrected chi connectivity index (χ2v) is 11.4. The van der Waals surface area contributed by atoms with E-state index in [1.165, 1.54) is 24.1 Å². The molecule has 2 aliphatic rings. The van der Waals surface area contributed by atoms with Crippen molar-refractivity contribution in [2.75, 3.05) is 52.3 Å². The van der Waals surface area contributed by atoms with Crippen LogP contribution in [0, 0.1) is 17.8 Å². The number of carbonyl (C=O) groups is 2. The van der Waals surface area contributed by atoms with Crippen LogP contribution in [0.15, 0.2) is 36.4 Å². The Labute approximate surface area is 243 Å². The van der Waals surface area contributed by atoms with Crippen LogP contribution < -0.4 is 9.64 Å². The number of carbonyl (C=O) groups excluding carboxylic acids is 2. The van der Waals surface area contributed by atoms with Gasteiger partial charge in [0.15, 0.2) is 0 Å². The van der Waals surface area contributed by atoms with Crippen LogP contribution in [0.4, 0.5) is 19.0 Å². The molecular weight excluding hydrogens is 561 g/mol. The van der Waals surface area contributed by atoms with E-state index < -0.39 is 23.2 Å². The quantitative estimate of drug-likeness (QED) is 0.426. The van der Waals surface area contributed by atoms with E-state index in [1.54, 1.807) is 33.2 Å². The van der Waals surface area contributed by atoms with Crippen molar-refractivity contribution in [3.63, 3.8) is 0 Å². The number of amides is 2. The zero-order valence-corrected chi connectivity index (χ0v) is 24.4. The third kappa shape index (κ3) is 6.40. The van der Waals surface area contributed by atoms with Crippen molar-refractivity contribution in [1.29, 1.82) is 0 Å². The highest BCUT2D eigenvalue weighted by Crippen LogP contribution is 2.49. The van der Waals surface area contributed by atoms with Crippen molar-refractivity contribution in [2.24, 2.45) is 17.8 Å². The maximum Gasteiger partial charge on any atom is 0.430 e. The van der Waals surface area contributed by atoms with E-state index in [4.69, 9.17) is 16.3 Å². The van der Waals surface area contributed by atoms with Gasteiger partial charge in [0.05, 0.1) is 12.2 Å². The number of likely N-dealkylation sites (N-methyl/N-ethyl adjacent to an activating group) is 1. The first-order chi connectivity index (χ1) is 19.3. The molecule has 1 N–H and O–H groups in total. The van der Waals surface area contributed by atoms with Gasteiger partial charge in [0, 0.05) is 46.3 Å². The van der Waals surface area contributed by atoms with Crippen molar-refractivity contribution in [1.82, 2.24) is 14.8 Å². The number of piperidine rings is 1. The zero-order valence-electron chi connectivity index (χ0n) is 23.6. The highest BCUT2D eigenvalue weighted by molar-refractivity contribution is 6.32. The second kappa shape index (κ2) is 12.1. The lowest BCUT2D eigenvalue weighted by Crippen LogP contribution is -2.55. The Kier molecular flexibility index (Phi) is 9.08. The summed E-state index contributed by atoms with van der Waals surface area (Å²) in [5.41, 5.74) is -3.90. The number of aromatic nitrogens is 1. The Morgan fingerprint density at radius 3 is 2.41 bits per heavy atom. The van der Waals surface area contributed by atoms with Crippen LogP contribution in [-0.2, 0) is 10.4 Å². The Balaban J connectivity index is 1.35. The van der Waals surface area contributed by atoms with Crippen molar-refractivity contribution in [3.8, 4) is 5.75 Å². The number of rotatable bonds is 9. The zero-order chi connectivity index (χ0) is 30.1. The summed E-state index contributed by atoms with van der Waals surface area (Å²) in [4.78, 5) is 34.3. The molecule has 2 amide bonds.